The Hall–Kier alpha value is -1.33. The number of thiocarbonyl (C=S) groups is 1. The van der Waals surface area contributed by atoms with E-state index in [1.54, 1.807) is 17.6 Å². The fraction of sp³-hybridized carbons (Fsp3) is 0.500. The fourth-order valence-corrected chi connectivity index (χ4v) is 5.05. The third-order valence-corrected chi connectivity index (χ3v) is 6.42. The van der Waals surface area contributed by atoms with Gasteiger partial charge in [0.25, 0.3) is 0 Å². The number of nitrogens with zero attached hydrogens (tertiary/aromatic N) is 1. The molecule has 4 rings (SSSR count). The largest absolute Gasteiger partial charge is 0.467 e. The van der Waals surface area contributed by atoms with Crippen molar-refractivity contribution in [2.45, 2.75) is 44.8 Å². The van der Waals surface area contributed by atoms with Crippen molar-refractivity contribution < 1.29 is 4.42 Å². The Morgan fingerprint density at radius 2 is 2.22 bits per heavy atom. The van der Waals surface area contributed by atoms with E-state index in [9.17, 15) is 0 Å². The summed E-state index contributed by atoms with van der Waals surface area (Å²) in [5, 5.41) is 6.64. The molecule has 0 aromatic carbocycles. The van der Waals surface area contributed by atoms with Crippen LogP contribution in [0.2, 0.25) is 0 Å². The summed E-state index contributed by atoms with van der Waals surface area (Å²) in [6.07, 6.45) is 7.20. The van der Waals surface area contributed by atoms with Crippen LogP contribution in [-0.2, 0) is 13.1 Å². The second-order valence-corrected chi connectivity index (χ2v) is 8.16. The maximum atomic E-state index is 5.75. The van der Waals surface area contributed by atoms with Crippen molar-refractivity contribution in [3.05, 3.63) is 46.5 Å². The van der Waals surface area contributed by atoms with E-state index in [-0.39, 0.29) is 0 Å². The smallest absolute Gasteiger partial charge is 0.169 e. The molecule has 2 bridgehead atoms. The normalized spacial score (nSPS) is 25.7. The zero-order valence-corrected chi connectivity index (χ0v) is 14.7. The van der Waals surface area contributed by atoms with Gasteiger partial charge in [0.05, 0.1) is 19.4 Å². The third kappa shape index (κ3) is 3.45. The predicted molar refractivity (Wildman–Crippen MR) is 97.2 cm³/mol. The molecule has 3 atom stereocenters. The number of hydrogen-bond acceptors (Lipinski definition) is 3. The third-order valence-electron chi connectivity index (χ3n) is 5.19. The maximum absolute atomic E-state index is 5.75. The topological polar surface area (TPSA) is 28.4 Å². The SMILES string of the molecule is S=C(NC1CC2CCC1C2)N(Cc1ccco1)Cc1cccs1. The lowest BCUT2D eigenvalue weighted by atomic mass is 9.95. The Balaban J connectivity index is 1.43. The molecule has 0 aliphatic heterocycles. The highest BCUT2D eigenvalue weighted by atomic mass is 32.1. The standard InChI is InChI=1S/C18H22N2OS2/c22-18(19-17-10-13-5-6-14(17)9-13)20(11-15-3-1-7-21-15)12-16-4-2-8-23-16/h1-4,7-8,13-14,17H,5-6,9-12H2,(H,19,22). The molecular formula is C18H22N2OS2. The number of fused-ring (bicyclic) bond motifs is 2. The van der Waals surface area contributed by atoms with Gasteiger partial charge in [-0.3, -0.25) is 0 Å². The van der Waals surface area contributed by atoms with Gasteiger partial charge in [0, 0.05) is 10.9 Å². The first-order valence-corrected chi connectivity index (χ1v) is 9.67. The van der Waals surface area contributed by atoms with Gasteiger partial charge in [-0.1, -0.05) is 12.5 Å². The van der Waals surface area contributed by atoms with E-state index in [2.05, 4.69) is 27.7 Å². The first kappa shape index (κ1) is 15.2. The van der Waals surface area contributed by atoms with E-state index in [0.29, 0.717) is 6.04 Å². The van der Waals surface area contributed by atoms with Crippen LogP contribution in [0.4, 0.5) is 0 Å². The second kappa shape index (κ2) is 6.65. The molecule has 122 valence electrons. The monoisotopic (exact) mass is 346 g/mol. The number of rotatable bonds is 5. The maximum Gasteiger partial charge on any atom is 0.169 e. The highest BCUT2D eigenvalue weighted by molar-refractivity contribution is 7.80. The number of hydrogen-bond donors (Lipinski definition) is 1. The predicted octanol–water partition coefficient (Wildman–Crippen LogP) is 4.41. The molecular weight excluding hydrogens is 324 g/mol. The minimum atomic E-state index is 0.573. The Bertz CT molecular complexity index is 602. The molecule has 0 amide bonds. The first-order chi connectivity index (χ1) is 11.3. The van der Waals surface area contributed by atoms with Crippen LogP contribution < -0.4 is 5.32 Å². The Labute approximate surface area is 146 Å². The molecule has 2 heterocycles. The fourth-order valence-electron chi connectivity index (χ4n) is 4.05. The molecule has 2 saturated carbocycles. The van der Waals surface area contributed by atoms with Crippen molar-refractivity contribution in [1.82, 2.24) is 10.2 Å². The zero-order chi connectivity index (χ0) is 15.6. The second-order valence-electron chi connectivity index (χ2n) is 6.75. The Kier molecular flexibility index (Phi) is 4.40. The molecule has 0 spiro atoms. The lowest BCUT2D eigenvalue weighted by Crippen LogP contribution is -2.45. The average molecular weight is 347 g/mol. The molecule has 5 heteroatoms. The molecule has 23 heavy (non-hydrogen) atoms. The van der Waals surface area contributed by atoms with Crippen molar-refractivity contribution in [2.24, 2.45) is 11.8 Å². The van der Waals surface area contributed by atoms with Gasteiger partial charge < -0.3 is 14.6 Å². The minimum absolute atomic E-state index is 0.573. The van der Waals surface area contributed by atoms with Gasteiger partial charge >= 0.3 is 0 Å². The van der Waals surface area contributed by atoms with Gasteiger partial charge in [0.15, 0.2) is 5.11 Å². The molecule has 2 fully saturated rings. The van der Waals surface area contributed by atoms with Gasteiger partial charge in [-0.25, -0.2) is 0 Å². The van der Waals surface area contributed by atoms with Gasteiger partial charge in [0.2, 0.25) is 0 Å². The lowest BCUT2D eigenvalue weighted by Gasteiger charge is -2.30. The van der Waals surface area contributed by atoms with Crippen LogP contribution in [0.3, 0.4) is 0 Å². The van der Waals surface area contributed by atoms with Gasteiger partial charge in [-0.2, -0.15) is 0 Å². The summed E-state index contributed by atoms with van der Waals surface area (Å²) in [7, 11) is 0. The highest BCUT2D eigenvalue weighted by Gasteiger charge is 2.40. The van der Waals surface area contributed by atoms with Crippen LogP contribution >= 0.6 is 23.6 Å². The van der Waals surface area contributed by atoms with Gasteiger partial charge in [-0.05, 0) is 66.9 Å². The zero-order valence-electron chi connectivity index (χ0n) is 13.1. The molecule has 3 nitrogen and oxygen atoms in total. The van der Waals surface area contributed by atoms with Crippen LogP contribution in [0.5, 0.6) is 0 Å². The van der Waals surface area contributed by atoms with Crippen LogP contribution in [-0.4, -0.2) is 16.1 Å². The number of thiophene rings is 1. The molecule has 1 N–H and O–H groups in total. The van der Waals surface area contributed by atoms with E-state index in [1.165, 1.54) is 30.6 Å². The Morgan fingerprint density at radius 1 is 1.26 bits per heavy atom. The van der Waals surface area contributed by atoms with Crippen molar-refractivity contribution in [1.29, 1.82) is 0 Å². The van der Waals surface area contributed by atoms with E-state index in [1.807, 2.05) is 12.1 Å². The first-order valence-electron chi connectivity index (χ1n) is 8.38. The highest BCUT2D eigenvalue weighted by Crippen LogP contribution is 2.44. The van der Waals surface area contributed by atoms with Gasteiger partial charge in [-0.15, -0.1) is 11.3 Å². The summed E-state index contributed by atoms with van der Waals surface area (Å²) >= 11 is 7.53. The average Bonchev–Trinajstić information content (AvgIpc) is 3.32. The minimum Gasteiger partial charge on any atom is -0.467 e. The van der Waals surface area contributed by atoms with E-state index in [0.717, 1.165) is 35.8 Å². The van der Waals surface area contributed by atoms with Gasteiger partial charge in [0.1, 0.15) is 5.76 Å². The molecule has 2 aromatic heterocycles. The molecule has 0 saturated heterocycles. The summed E-state index contributed by atoms with van der Waals surface area (Å²) in [6.45, 7) is 1.56. The van der Waals surface area contributed by atoms with Crippen LogP contribution in [0.25, 0.3) is 0 Å². The molecule has 2 aliphatic rings. The molecule has 0 radical (unpaired) electrons. The summed E-state index contributed by atoms with van der Waals surface area (Å²) in [4.78, 5) is 3.56. The van der Waals surface area contributed by atoms with Crippen molar-refractivity contribution in [3.8, 4) is 0 Å². The summed E-state index contributed by atoms with van der Waals surface area (Å²) in [6, 6.07) is 8.79. The number of nitrogens with one attached hydrogen (secondary N) is 1. The summed E-state index contributed by atoms with van der Waals surface area (Å²) in [5.41, 5.74) is 0. The summed E-state index contributed by atoms with van der Waals surface area (Å²) in [5.74, 6) is 2.71. The van der Waals surface area contributed by atoms with Crippen LogP contribution in [0.15, 0.2) is 40.3 Å². The Morgan fingerprint density at radius 3 is 2.87 bits per heavy atom. The molecule has 2 aromatic rings. The molecule has 2 aliphatic carbocycles. The lowest BCUT2D eigenvalue weighted by molar-refractivity contribution is 0.330. The van der Waals surface area contributed by atoms with Crippen LogP contribution in [0, 0.1) is 11.8 Å². The van der Waals surface area contributed by atoms with E-state index >= 15 is 0 Å². The number of furan rings is 1. The van der Waals surface area contributed by atoms with E-state index < -0.39 is 0 Å². The van der Waals surface area contributed by atoms with Crippen LogP contribution in [0.1, 0.15) is 36.3 Å². The summed E-state index contributed by atoms with van der Waals surface area (Å²) < 4.78 is 5.53. The van der Waals surface area contributed by atoms with Crippen molar-refractivity contribution in [2.75, 3.05) is 0 Å². The van der Waals surface area contributed by atoms with E-state index in [4.69, 9.17) is 16.6 Å². The quantitative estimate of drug-likeness (QED) is 0.812. The van der Waals surface area contributed by atoms with Crippen molar-refractivity contribution >= 4 is 28.7 Å². The van der Waals surface area contributed by atoms with Crippen molar-refractivity contribution in [3.63, 3.8) is 0 Å². The molecule has 3 unspecified atom stereocenters.